The van der Waals surface area contributed by atoms with E-state index in [0.717, 1.165) is 43.6 Å². The Hall–Kier alpha value is -2.38. The molecule has 1 aliphatic carbocycles. The van der Waals surface area contributed by atoms with Crippen molar-refractivity contribution < 1.29 is 13.2 Å². The van der Waals surface area contributed by atoms with Gasteiger partial charge in [-0.15, -0.1) is 0 Å². The first-order valence-corrected chi connectivity index (χ1v) is 8.80. The van der Waals surface area contributed by atoms with Gasteiger partial charge in [-0.3, -0.25) is 4.79 Å². The summed E-state index contributed by atoms with van der Waals surface area (Å²) in [5.41, 5.74) is 0.0375. The van der Waals surface area contributed by atoms with Crippen LogP contribution in [0.15, 0.2) is 35.3 Å². The number of aromatic nitrogens is 3. The molecule has 0 aromatic carbocycles. The number of rotatable bonds is 4. The minimum atomic E-state index is -4.39. The molecule has 1 saturated heterocycles. The normalized spacial score (nSPS) is 20.6. The molecular formula is C18H19F3N4O. The van der Waals surface area contributed by atoms with E-state index in [-0.39, 0.29) is 11.6 Å². The van der Waals surface area contributed by atoms with E-state index >= 15 is 0 Å². The predicted molar refractivity (Wildman–Crippen MR) is 90.1 cm³/mol. The lowest BCUT2D eigenvalue weighted by atomic mass is 10.2. The summed E-state index contributed by atoms with van der Waals surface area (Å²) < 4.78 is 39.6. The smallest absolute Gasteiger partial charge is 0.352 e. The van der Waals surface area contributed by atoms with E-state index in [1.807, 2.05) is 4.90 Å². The fourth-order valence-corrected chi connectivity index (χ4v) is 3.44. The summed E-state index contributed by atoms with van der Waals surface area (Å²) >= 11 is 0. The second-order valence-corrected chi connectivity index (χ2v) is 6.95. The van der Waals surface area contributed by atoms with Crippen LogP contribution in [0.5, 0.6) is 0 Å². The molecule has 1 aliphatic heterocycles. The van der Waals surface area contributed by atoms with Gasteiger partial charge in [0.05, 0.1) is 23.8 Å². The average molecular weight is 364 g/mol. The van der Waals surface area contributed by atoms with E-state index in [1.54, 1.807) is 12.1 Å². The van der Waals surface area contributed by atoms with Crippen LogP contribution in [0, 0.1) is 0 Å². The third-order valence-corrected chi connectivity index (χ3v) is 5.01. The van der Waals surface area contributed by atoms with Crippen LogP contribution in [0.2, 0.25) is 0 Å². The summed E-state index contributed by atoms with van der Waals surface area (Å²) in [6.45, 7) is 1.13. The zero-order valence-electron chi connectivity index (χ0n) is 14.1. The fourth-order valence-electron chi connectivity index (χ4n) is 3.44. The van der Waals surface area contributed by atoms with E-state index in [2.05, 4.69) is 10.1 Å². The molecule has 2 fully saturated rings. The molecule has 1 saturated carbocycles. The second-order valence-electron chi connectivity index (χ2n) is 6.95. The molecule has 5 nitrogen and oxygen atoms in total. The van der Waals surface area contributed by atoms with Gasteiger partial charge in [-0.05, 0) is 43.9 Å². The Morgan fingerprint density at radius 3 is 2.58 bits per heavy atom. The van der Waals surface area contributed by atoms with Crippen molar-refractivity contribution in [3.8, 4) is 0 Å². The largest absolute Gasteiger partial charge is 0.417 e. The summed E-state index contributed by atoms with van der Waals surface area (Å²) in [5.74, 6) is 0.963. The molecule has 2 aromatic rings. The van der Waals surface area contributed by atoms with Gasteiger partial charge in [0.25, 0.3) is 5.56 Å². The molecule has 0 radical (unpaired) electrons. The molecule has 138 valence electrons. The maximum absolute atomic E-state index is 12.7. The second kappa shape index (κ2) is 6.41. The maximum atomic E-state index is 12.7. The van der Waals surface area contributed by atoms with Gasteiger partial charge >= 0.3 is 6.18 Å². The van der Waals surface area contributed by atoms with Gasteiger partial charge in [0.15, 0.2) is 0 Å². The average Bonchev–Trinajstić information content (AvgIpc) is 3.35. The van der Waals surface area contributed by atoms with Gasteiger partial charge in [-0.25, -0.2) is 9.67 Å². The van der Waals surface area contributed by atoms with E-state index in [9.17, 15) is 18.0 Å². The van der Waals surface area contributed by atoms with Crippen LogP contribution in [-0.2, 0) is 12.7 Å². The van der Waals surface area contributed by atoms with Crippen LogP contribution >= 0.6 is 0 Å². The number of pyridine rings is 1. The number of alkyl halides is 3. The highest BCUT2D eigenvalue weighted by Gasteiger charge is 2.32. The molecular weight excluding hydrogens is 345 g/mol. The van der Waals surface area contributed by atoms with Gasteiger partial charge in [0.2, 0.25) is 0 Å². The highest BCUT2D eigenvalue weighted by molar-refractivity contribution is 5.42. The highest BCUT2D eigenvalue weighted by Crippen LogP contribution is 2.38. The van der Waals surface area contributed by atoms with Gasteiger partial charge in [-0.2, -0.15) is 18.3 Å². The SMILES string of the molecule is O=c1ccc(C2CC2)nn1CC1CCCN1c1ccc(C(F)(F)F)cn1. The quantitative estimate of drug-likeness (QED) is 0.836. The molecule has 2 aliphatic rings. The molecule has 1 unspecified atom stereocenters. The Labute approximate surface area is 148 Å². The van der Waals surface area contributed by atoms with Gasteiger partial charge in [0.1, 0.15) is 5.82 Å². The van der Waals surface area contributed by atoms with E-state index in [4.69, 9.17) is 0 Å². The van der Waals surface area contributed by atoms with Crippen molar-refractivity contribution in [3.05, 3.63) is 52.1 Å². The summed E-state index contributed by atoms with van der Waals surface area (Å²) in [5, 5.41) is 4.48. The van der Waals surface area contributed by atoms with Gasteiger partial charge in [0, 0.05) is 24.7 Å². The minimum absolute atomic E-state index is 0.00103. The van der Waals surface area contributed by atoms with Crippen LogP contribution in [0.1, 0.15) is 42.9 Å². The Bertz CT molecular complexity index is 843. The molecule has 3 heterocycles. The summed E-state index contributed by atoms with van der Waals surface area (Å²) in [6.07, 6.45) is 0.445. The molecule has 2 aromatic heterocycles. The van der Waals surface area contributed by atoms with E-state index in [1.165, 1.54) is 10.7 Å². The highest BCUT2D eigenvalue weighted by atomic mass is 19.4. The molecule has 4 rings (SSSR count). The van der Waals surface area contributed by atoms with Crippen LogP contribution in [0.4, 0.5) is 19.0 Å². The standard InChI is InChI=1S/C18H19F3N4O/c19-18(20,21)13-5-7-16(22-10-13)24-9-1-2-14(24)11-25-17(26)8-6-15(23-25)12-3-4-12/h5-8,10,12,14H,1-4,9,11H2. The monoisotopic (exact) mass is 364 g/mol. The van der Waals surface area contributed by atoms with Gasteiger partial charge < -0.3 is 4.90 Å². The fraction of sp³-hybridized carbons (Fsp3) is 0.500. The number of hydrogen-bond acceptors (Lipinski definition) is 4. The minimum Gasteiger partial charge on any atom is -0.352 e. The molecule has 0 spiro atoms. The van der Waals surface area contributed by atoms with Crippen molar-refractivity contribution in [2.45, 2.75) is 50.4 Å². The summed E-state index contributed by atoms with van der Waals surface area (Å²) in [4.78, 5) is 18.1. The summed E-state index contributed by atoms with van der Waals surface area (Å²) in [7, 11) is 0. The summed E-state index contributed by atoms with van der Waals surface area (Å²) in [6, 6.07) is 5.80. The number of nitrogens with zero attached hydrogens (tertiary/aromatic N) is 4. The lowest BCUT2D eigenvalue weighted by molar-refractivity contribution is -0.137. The first kappa shape index (κ1) is 17.1. The van der Waals surface area contributed by atoms with E-state index < -0.39 is 11.7 Å². The van der Waals surface area contributed by atoms with Crippen molar-refractivity contribution in [2.24, 2.45) is 0 Å². The zero-order chi connectivity index (χ0) is 18.3. The zero-order valence-corrected chi connectivity index (χ0v) is 14.1. The lowest BCUT2D eigenvalue weighted by Gasteiger charge is -2.26. The molecule has 0 amide bonds. The molecule has 8 heteroatoms. The van der Waals surface area contributed by atoms with Crippen molar-refractivity contribution in [1.29, 1.82) is 0 Å². The number of hydrogen-bond donors (Lipinski definition) is 0. The Balaban J connectivity index is 1.54. The third kappa shape index (κ3) is 3.45. The van der Waals surface area contributed by atoms with Gasteiger partial charge in [-0.1, -0.05) is 0 Å². The van der Waals surface area contributed by atoms with Crippen molar-refractivity contribution in [2.75, 3.05) is 11.4 Å². The first-order valence-electron chi connectivity index (χ1n) is 8.80. The molecule has 1 atom stereocenters. The van der Waals surface area contributed by atoms with Crippen LogP contribution < -0.4 is 10.5 Å². The van der Waals surface area contributed by atoms with E-state index in [0.29, 0.717) is 24.8 Å². The first-order chi connectivity index (χ1) is 12.4. The van der Waals surface area contributed by atoms with Crippen LogP contribution in [0.3, 0.4) is 0 Å². The third-order valence-electron chi connectivity index (χ3n) is 5.01. The van der Waals surface area contributed by atoms with Crippen molar-refractivity contribution >= 4 is 5.82 Å². The molecule has 0 N–H and O–H groups in total. The van der Waals surface area contributed by atoms with Crippen LogP contribution in [-0.4, -0.2) is 27.4 Å². The topological polar surface area (TPSA) is 51.0 Å². The van der Waals surface area contributed by atoms with Crippen molar-refractivity contribution in [3.63, 3.8) is 0 Å². The Morgan fingerprint density at radius 2 is 1.92 bits per heavy atom. The Morgan fingerprint density at radius 1 is 1.12 bits per heavy atom. The van der Waals surface area contributed by atoms with Crippen molar-refractivity contribution in [1.82, 2.24) is 14.8 Å². The lowest BCUT2D eigenvalue weighted by Crippen LogP contribution is -2.37. The van der Waals surface area contributed by atoms with Crippen LogP contribution in [0.25, 0.3) is 0 Å². The Kier molecular flexibility index (Phi) is 4.20. The predicted octanol–water partition coefficient (Wildman–Crippen LogP) is 3.20. The number of anilines is 1. The maximum Gasteiger partial charge on any atom is 0.417 e. The number of halogens is 3. The molecule has 0 bridgehead atoms. The molecule has 26 heavy (non-hydrogen) atoms.